The molecule has 3 aromatic carbocycles. The zero-order chi connectivity index (χ0) is 78.4. The number of carbonyl (C=O) groups excluding carboxylic acids is 13. The van der Waals surface area contributed by atoms with E-state index in [4.69, 9.17) is 22.9 Å². The van der Waals surface area contributed by atoms with Gasteiger partial charge in [0.15, 0.2) is 5.78 Å². The number of nitrogens with one attached hydrogen (secondary N) is 11. The van der Waals surface area contributed by atoms with Crippen LogP contribution in [0.5, 0.6) is 0 Å². The predicted octanol–water partition coefficient (Wildman–Crippen LogP) is 3.70. The number of Topliss-reactive ketones (excluding diaryl/α,β-unsaturated/α-hetero) is 4. The monoisotopic (exact) mass is 1540 g/mol. The quantitative estimate of drug-likeness (QED) is 0.0287. The van der Waals surface area contributed by atoms with Crippen molar-refractivity contribution < 1.29 is 62.3 Å². The Bertz CT molecular complexity index is 4080. The Morgan fingerprint density at radius 2 is 0.927 bits per heavy atom. The highest BCUT2D eigenvalue weighted by Gasteiger charge is 2.39. The second-order valence-electron chi connectivity index (χ2n) is 28.6. The van der Waals surface area contributed by atoms with Crippen LogP contribution in [-0.2, 0) is 88.0 Å². The van der Waals surface area contributed by atoms with Gasteiger partial charge in [0.05, 0.1) is 12.4 Å². The van der Waals surface area contributed by atoms with Gasteiger partial charge in [0.2, 0.25) is 53.2 Å². The first-order valence-corrected chi connectivity index (χ1v) is 40.3. The summed E-state index contributed by atoms with van der Waals surface area (Å²) < 4.78 is 0. The van der Waals surface area contributed by atoms with Gasteiger partial charge in [0.25, 0.3) is 0 Å². The summed E-state index contributed by atoms with van der Waals surface area (Å²) in [4.78, 5) is 207. The third-order valence-corrected chi connectivity index (χ3v) is 22.6. The minimum atomic E-state index is -1.55. The number of carbonyl (C=O) groups is 13. The average molecular weight is 1540 g/mol. The van der Waals surface area contributed by atoms with Crippen molar-refractivity contribution in [2.75, 3.05) is 31.1 Å². The molecular weight excluding hydrogens is 1430 g/mol. The first kappa shape index (κ1) is 85.1. The average Bonchev–Trinajstić information content (AvgIpc) is 1.73. The van der Waals surface area contributed by atoms with Gasteiger partial charge in [-0.15, -0.1) is 0 Å². The van der Waals surface area contributed by atoms with Crippen molar-refractivity contribution in [3.05, 3.63) is 126 Å². The molecule has 2 aliphatic heterocycles. The Hall–Kier alpha value is -9.56. The van der Waals surface area contributed by atoms with Gasteiger partial charge < -0.3 is 80.4 Å². The van der Waals surface area contributed by atoms with E-state index >= 15 is 33.6 Å². The van der Waals surface area contributed by atoms with Gasteiger partial charge in [0, 0.05) is 133 Å². The molecule has 109 heavy (non-hydrogen) atoms. The summed E-state index contributed by atoms with van der Waals surface area (Å²) in [5.41, 5.74) is 27.1. The summed E-state index contributed by atoms with van der Waals surface area (Å²) >= 11 is 0. The van der Waals surface area contributed by atoms with E-state index in [1.54, 1.807) is 55.7 Å². The minimum absolute atomic E-state index is 0.0283. The summed E-state index contributed by atoms with van der Waals surface area (Å²) in [5, 5.41) is 24.1. The Morgan fingerprint density at radius 1 is 0.431 bits per heavy atom. The number of H-pyrrole nitrogens is 3. The van der Waals surface area contributed by atoms with Crippen LogP contribution in [-0.4, -0.2) is 176 Å². The molecule has 2 saturated heterocycles. The summed E-state index contributed by atoms with van der Waals surface area (Å²) in [6.45, 7) is 3.71. The van der Waals surface area contributed by atoms with Gasteiger partial charge in [-0.3, -0.25) is 62.3 Å². The Labute approximate surface area is 642 Å². The number of nitrogens with zero attached hydrogens (tertiary/aromatic N) is 1. The molecule has 2 bridgehead atoms. The van der Waals surface area contributed by atoms with E-state index in [1.807, 2.05) is 42.5 Å². The van der Waals surface area contributed by atoms with E-state index in [9.17, 15) is 28.8 Å². The highest BCUT2D eigenvalue weighted by Crippen LogP contribution is 2.32. The lowest BCUT2D eigenvalue weighted by atomic mass is 9.82. The fourth-order valence-corrected chi connectivity index (χ4v) is 16.2. The number of unbranched alkanes of at least 4 members (excludes halogenated alkanes) is 4. The molecule has 31 heteroatoms. The number of aromatic amines is 3. The van der Waals surface area contributed by atoms with Crippen LogP contribution in [0.1, 0.15) is 145 Å². The highest BCUT2D eigenvalue weighted by molar-refractivity contribution is 8.76. The van der Waals surface area contributed by atoms with Crippen LogP contribution >= 0.6 is 21.6 Å². The standard InChI is InChI=1S/C78H106N16O13S2/c1-46-32-67(96)53-38-68(97)50(34-51-40-84-57-23-8-6-21-55(51)57)37-69(98)59(25-10-11-28-70(82)99)88-75(104)62(33-48-18-4-3-5-19-48)92-77(106)64(39-54-42-83-45-86-54)91-71(100)47(2)87-78(107)65(44-109-108-43-53)94-76(105)63(35-52-41-85-58-24-9-7-22-56(52)58)93-74(103)61(27-14-17-31-81)90-73(102)60(26-13-16-30-80)89-72(101)49(36-66(46)95)20-12-15-29-79/h3-9,18-19,21-24,40-42,45-47,49-50,53,59-65,84-85H,10-17,20,25-39,43-44,79-81H2,1-2H3,(H2,82,99)(H,83,86)(H,87,107)(H,88,104)(H,89,101)(H,90,102)(H,91,100)(H,92,106)(H,93,103)(H,94,105)/t46-,47+,49-,50-,53+,59+,60+,61+,62-,63+,64+,65+/m1/s1. The van der Waals surface area contributed by atoms with Gasteiger partial charge >= 0.3 is 0 Å². The first-order valence-electron chi connectivity index (χ1n) is 37.8. The number of aromatic nitrogens is 4. The smallest absolute Gasteiger partial charge is 0.244 e. The van der Waals surface area contributed by atoms with Crippen LogP contribution in [0.2, 0.25) is 0 Å². The lowest BCUT2D eigenvalue weighted by Gasteiger charge is -2.28. The van der Waals surface area contributed by atoms with Gasteiger partial charge in [-0.2, -0.15) is 0 Å². The predicted molar refractivity (Wildman–Crippen MR) is 417 cm³/mol. The van der Waals surface area contributed by atoms with Gasteiger partial charge in [-0.25, -0.2) is 4.98 Å². The normalized spacial score (nSPS) is 24.4. The molecule has 0 unspecified atom stereocenters. The molecule has 0 saturated carbocycles. The van der Waals surface area contributed by atoms with Gasteiger partial charge in [-0.05, 0) is 126 Å². The number of imidazole rings is 1. The molecule has 0 spiro atoms. The topological polar surface area (TPSA) is 482 Å². The van der Waals surface area contributed by atoms with Crippen LogP contribution < -0.4 is 65.5 Å². The van der Waals surface area contributed by atoms with E-state index in [0.717, 1.165) is 32.5 Å². The third-order valence-electron chi connectivity index (χ3n) is 20.1. The third kappa shape index (κ3) is 26.3. The maximum absolute atomic E-state index is 15.7. The first-order chi connectivity index (χ1) is 52.5. The van der Waals surface area contributed by atoms with Crippen molar-refractivity contribution in [3.8, 4) is 0 Å². The van der Waals surface area contributed by atoms with Crippen LogP contribution in [0.25, 0.3) is 21.8 Å². The number of para-hydroxylation sites is 2. The van der Waals surface area contributed by atoms with E-state index in [0.29, 0.717) is 71.8 Å². The lowest BCUT2D eigenvalue weighted by molar-refractivity contribution is -0.136. The van der Waals surface area contributed by atoms with Gasteiger partial charge in [0.1, 0.15) is 59.6 Å². The van der Waals surface area contributed by atoms with Crippen molar-refractivity contribution in [2.45, 2.75) is 197 Å². The number of primary amides is 1. The SMILES string of the molecule is C[C@@H]1CC(=O)[C@@H]2CSSC[C@H](NC(=O)[C@H](Cc3c[nH]c4ccccc34)NC(=O)[C@H](CCCCN)NC(=O)[C@H](CCCCN)NC(=O)[C@H](CCCCN)CC1=O)C(=O)N[C@@H](C)C(=O)N[C@@H](Cc1cnc[nH]1)C(=O)N[C@H](Cc1ccccc1)C(=O)N[C@@H](CCCCC(N)=O)C(=O)C[C@@H](Cc1c[nH]c3ccccc13)C(=O)C2. The molecule has 2 fully saturated rings. The van der Waals surface area contributed by atoms with Gasteiger partial charge in [-0.1, -0.05) is 108 Å². The molecule has 0 aliphatic carbocycles. The molecule has 588 valence electrons. The molecule has 5 heterocycles. The molecule has 12 atom stereocenters. The van der Waals surface area contributed by atoms with Crippen molar-refractivity contribution in [1.82, 2.24) is 62.5 Å². The maximum atomic E-state index is 15.7. The fraction of sp³-hybridized carbons (Fsp3) is 0.513. The second-order valence-corrected chi connectivity index (χ2v) is 31.1. The Kier molecular flexibility index (Phi) is 34.0. The van der Waals surface area contributed by atoms with Crippen LogP contribution in [0.15, 0.2) is 104 Å². The summed E-state index contributed by atoms with van der Waals surface area (Å²) in [6, 6.07) is 12.1. The molecule has 19 N–H and O–H groups in total. The van der Waals surface area contributed by atoms with E-state index in [2.05, 4.69) is 62.5 Å². The number of nitrogens with two attached hydrogens (primary N) is 4. The number of hydrogen-bond donors (Lipinski definition) is 15. The van der Waals surface area contributed by atoms with Crippen molar-refractivity contribution >= 4 is 120 Å². The molecule has 9 amide bonds. The number of amides is 9. The van der Waals surface area contributed by atoms with Crippen LogP contribution in [0.3, 0.4) is 0 Å². The zero-order valence-corrected chi connectivity index (χ0v) is 63.6. The molecule has 6 aromatic rings. The minimum Gasteiger partial charge on any atom is -0.370 e. The summed E-state index contributed by atoms with van der Waals surface area (Å²) in [7, 11) is 2.11. The maximum Gasteiger partial charge on any atom is 0.244 e. The fourth-order valence-electron chi connectivity index (χ4n) is 13.7. The number of rotatable bonds is 25. The molecule has 29 nitrogen and oxygen atoms in total. The van der Waals surface area contributed by atoms with E-state index < -0.39 is 168 Å². The van der Waals surface area contributed by atoms with Crippen molar-refractivity contribution in [3.63, 3.8) is 0 Å². The summed E-state index contributed by atoms with van der Waals surface area (Å²) in [5.74, 6) is -13.9. The van der Waals surface area contributed by atoms with E-state index in [-0.39, 0.29) is 108 Å². The Balaban J connectivity index is 1.26. The van der Waals surface area contributed by atoms with Crippen molar-refractivity contribution in [2.24, 2.45) is 46.6 Å². The van der Waals surface area contributed by atoms with Crippen molar-refractivity contribution in [1.29, 1.82) is 0 Å². The number of fused-ring (bicyclic) bond motifs is 7. The summed E-state index contributed by atoms with van der Waals surface area (Å²) in [6.07, 6.45) is 7.23. The molecule has 3 aromatic heterocycles. The molecule has 8 rings (SSSR count). The zero-order valence-electron chi connectivity index (χ0n) is 62.0. The van der Waals surface area contributed by atoms with E-state index in [1.165, 1.54) is 19.4 Å². The molecule has 0 radical (unpaired) electrons. The van der Waals surface area contributed by atoms with Crippen LogP contribution in [0.4, 0.5) is 0 Å². The highest BCUT2D eigenvalue weighted by atomic mass is 33.1. The lowest BCUT2D eigenvalue weighted by Crippen LogP contribution is -2.61. The number of benzene rings is 3. The number of ketones is 4. The second kappa shape index (κ2) is 43.6. The number of hydrogen-bond acceptors (Lipinski definition) is 19. The molecular formula is C78H106N16O13S2. The van der Waals surface area contributed by atoms with Crippen LogP contribution in [0, 0.1) is 23.7 Å². The Morgan fingerprint density at radius 3 is 1.53 bits per heavy atom. The largest absolute Gasteiger partial charge is 0.370 e. The molecule has 2 aliphatic rings.